The lowest BCUT2D eigenvalue weighted by Crippen LogP contribution is -2.32. The summed E-state index contributed by atoms with van der Waals surface area (Å²) < 4.78 is 25.6. The monoisotopic (exact) mass is 285 g/mol. The first-order valence-corrected chi connectivity index (χ1v) is 7.47. The number of para-hydroxylation sites is 1. The number of hydrogen-bond donors (Lipinski definition) is 1. The van der Waals surface area contributed by atoms with Gasteiger partial charge in [-0.1, -0.05) is 18.2 Å². The highest BCUT2D eigenvalue weighted by Crippen LogP contribution is 2.23. The Morgan fingerprint density at radius 2 is 2.11 bits per heavy atom. The second kappa shape index (κ2) is 5.24. The van der Waals surface area contributed by atoms with Gasteiger partial charge in [0.1, 0.15) is 0 Å². The van der Waals surface area contributed by atoms with Crippen molar-refractivity contribution in [1.82, 2.24) is 4.31 Å². The topological polar surface area (TPSA) is 107 Å². The van der Waals surface area contributed by atoms with Gasteiger partial charge in [0.25, 0.3) is 5.69 Å². The van der Waals surface area contributed by atoms with E-state index in [2.05, 4.69) is 0 Å². The fraction of sp³-hybridized carbons (Fsp3) is 0.455. The Kier molecular flexibility index (Phi) is 3.83. The van der Waals surface area contributed by atoms with E-state index in [0.29, 0.717) is 13.0 Å². The normalized spacial score (nSPS) is 20.6. The average molecular weight is 285 g/mol. The molecule has 2 rings (SSSR count). The molecule has 1 fully saturated rings. The third kappa shape index (κ3) is 3.09. The summed E-state index contributed by atoms with van der Waals surface area (Å²) in [6.07, 6.45) is 0.621. The SMILES string of the molecule is N[C@H]1CCN(S(=O)(=O)Cc2ccccc2[N+](=O)[O-])C1. The van der Waals surface area contributed by atoms with Crippen LogP contribution in [-0.4, -0.2) is 36.8 Å². The Morgan fingerprint density at radius 1 is 1.42 bits per heavy atom. The Bertz CT molecular complexity index is 587. The largest absolute Gasteiger partial charge is 0.326 e. The minimum atomic E-state index is -3.55. The molecule has 0 aliphatic carbocycles. The van der Waals surface area contributed by atoms with E-state index in [9.17, 15) is 18.5 Å². The van der Waals surface area contributed by atoms with Crippen LogP contribution in [0.25, 0.3) is 0 Å². The van der Waals surface area contributed by atoms with Crippen molar-refractivity contribution in [2.24, 2.45) is 5.73 Å². The van der Waals surface area contributed by atoms with Gasteiger partial charge in [-0.25, -0.2) is 12.7 Å². The lowest BCUT2D eigenvalue weighted by Gasteiger charge is -2.15. The molecular formula is C11H15N3O4S. The van der Waals surface area contributed by atoms with Crippen molar-refractivity contribution in [2.45, 2.75) is 18.2 Å². The summed E-state index contributed by atoms with van der Waals surface area (Å²) in [5, 5.41) is 10.9. The molecule has 1 aliphatic rings. The van der Waals surface area contributed by atoms with E-state index in [1.165, 1.54) is 22.5 Å². The van der Waals surface area contributed by atoms with E-state index in [4.69, 9.17) is 5.73 Å². The van der Waals surface area contributed by atoms with Gasteiger partial charge in [0.2, 0.25) is 10.0 Å². The Morgan fingerprint density at radius 3 is 2.68 bits per heavy atom. The lowest BCUT2D eigenvalue weighted by atomic mass is 10.2. The van der Waals surface area contributed by atoms with Crippen LogP contribution in [0.15, 0.2) is 24.3 Å². The summed E-state index contributed by atoms with van der Waals surface area (Å²) in [6, 6.07) is 5.72. The molecule has 0 saturated carbocycles. The number of nitro benzene ring substituents is 1. The molecule has 1 aliphatic heterocycles. The number of rotatable bonds is 4. The van der Waals surface area contributed by atoms with Crippen LogP contribution in [0.2, 0.25) is 0 Å². The fourth-order valence-electron chi connectivity index (χ4n) is 2.11. The Hall–Kier alpha value is -1.51. The van der Waals surface area contributed by atoms with E-state index >= 15 is 0 Å². The first-order chi connectivity index (χ1) is 8.90. The average Bonchev–Trinajstić information content (AvgIpc) is 2.76. The molecule has 1 saturated heterocycles. The van der Waals surface area contributed by atoms with Gasteiger partial charge in [0.05, 0.1) is 10.7 Å². The van der Waals surface area contributed by atoms with Gasteiger partial charge in [-0.15, -0.1) is 0 Å². The van der Waals surface area contributed by atoms with Crippen LogP contribution < -0.4 is 5.73 Å². The maximum absolute atomic E-state index is 12.2. The van der Waals surface area contributed by atoms with Crippen molar-refractivity contribution in [3.63, 3.8) is 0 Å². The quantitative estimate of drug-likeness (QED) is 0.638. The van der Waals surface area contributed by atoms with E-state index in [0.717, 1.165) is 0 Å². The van der Waals surface area contributed by atoms with Gasteiger partial charge in [-0.3, -0.25) is 10.1 Å². The molecule has 0 bridgehead atoms. The molecule has 8 heteroatoms. The summed E-state index contributed by atoms with van der Waals surface area (Å²) in [5.41, 5.74) is 5.71. The maximum Gasteiger partial charge on any atom is 0.273 e. The van der Waals surface area contributed by atoms with Gasteiger partial charge >= 0.3 is 0 Å². The number of nitrogens with two attached hydrogens (primary N) is 1. The standard InChI is InChI=1S/C11H15N3O4S/c12-10-5-6-13(7-10)19(17,18)8-9-3-1-2-4-11(9)14(15)16/h1-4,10H,5-8,12H2/t10-/m0/s1. The molecular weight excluding hydrogens is 270 g/mol. The Balaban J connectivity index is 2.23. The first-order valence-electron chi connectivity index (χ1n) is 5.86. The molecule has 0 spiro atoms. The highest BCUT2D eigenvalue weighted by atomic mass is 32.2. The first kappa shape index (κ1) is 13.9. The molecule has 2 N–H and O–H groups in total. The number of nitro groups is 1. The van der Waals surface area contributed by atoms with Crippen LogP contribution in [0, 0.1) is 10.1 Å². The lowest BCUT2D eigenvalue weighted by molar-refractivity contribution is -0.385. The molecule has 1 heterocycles. The number of benzene rings is 1. The summed E-state index contributed by atoms with van der Waals surface area (Å²) in [5.74, 6) is -0.364. The predicted octanol–water partition coefficient (Wildman–Crippen LogP) is 0.458. The van der Waals surface area contributed by atoms with E-state index in [1.54, 1.807) is 6.07 Å². The van der Waals surface area contributed by atoms with Crippen LogP contribution >= 0.6 is 0 Å². The fourth-order valence-corrected chi connectivity index (χ4v) is 3.73. The second-order valence-corrected chi connectivity index (χ2v) is 6.52. The molecule has 1 atom stereocenters. The minimum absolute atomic E-state index is 0.152. The molecule has 7 nitrogen and oxygen atoms in total. The van der Waals surface area contributed by atoms with Crippen molar-refractivity contribution >= 4 is 15.7 Å². The smallest absolute Gasteiger partial charge is 0.273 e. The summed E-state index contributed by atoms with van der Waals surface area (Å²) >= 11 is 0. The molecule has 1 aromatic rings. The summed E-state index contributed by atoms with van der Waals surface area (Å²) in [7, 11) is -3.55. The van der Waals surface area contributed by atoms with Crippen molar-refractivity contribution < 1.29 is 13.3 Å². The summed E-state index contributed by atoms with van der Waals surface area (Å²) in [6.45, 7) is 0.660. The van der Waals surface area contributed by atoms with Gasteiger partial charge in [0.15, 0.2) is 0 Å². The van der Waals surface area contributed by atoms with Crippen molar-refractivity contribution in [2.75, 3.05) is 13.1 Å². The van der Waals surface area contributed by atoms with Gasteiger partial charge < -0.3 is 5.73 Å². The van der Waals surface area contributed by atoms with E-state index < -0.39 is 14.9 Å². The highest BCUT2D eigenvalue weighted by molar-refractivity contribution is 7.88. The third-order valence-electron chi connectivity index (χ3n) is 3.11. The van der Waals surface area contributed by atoms with Gasteiger partial charge in [-0.2, -0.15) is 0 Å². The van der Waals surface area contributed by atoms with E-state index in [-0.39, 0.29) is 29.6 Å². The zero-order chi connectivity index (χ0) is 14.0. The van der Waals surface area contributed by atoms with E-state index in [1.807, 2.05) is 0 Å². The molecule has 0 aromatic heterocycles. The minimum Gasteiger partial charge on any atom is -0.326 e. The number of hydrogen-bond acceptors (Lipinski definition) is 5. The molecule has 19 heavy (non-hydrogen) atoms. The molecule has 104 valence electrons. The van der Waals surface area contributed by atoms with Crippen LogP contribution in [0.5, 0.6) is 0 Å². The van der Waals surface area contributed by atoms with Crippen LogP contribution in [0.3, 0.4) is 0 Å². The van der Waals surface area contributed by atoms with Crippen molar-refractivity contribution in [3.05, 3.63) is 39.9 Å². The number of sulfonamides is 1. The van der Waals surface area contributed by atoms with Gasteiger partial charge in [-0.05, 0) is 6.42 Å². The third-order valence-corrected chi connectivity index (χ3v) is 4.90. The zero-order valence-electron chi connectivity index (χ0n) is 10.2. The molecule has 0 unspecified atom stereocenters. The molecule has 1 aromatic carbocycles. The summed E-state index contributed by atoms with van der Waals surface area (Å²) in [4.78, 5) is 10.3. The van der Waals surface area contributed by atoms with Crippen molar-refractivity contribution in [3.8, 4) is 0 Å². The maximum atomic E-state index is 12.2. The van der Waals surface area contributed by atoms with Crippen LogP contribution in [0.4, 0.5) is 5.69 Å². The Labute approximate surface area is 111 Å². The van der Waals surface area contributed by atoms with Crippen LogP contribution in [0.1, 0.15) is 12.0 Å². The zero-order valence-corrected chi connectivity index (χ0v) is 11.0. The predicted molar refractivity (Wildman–Crippen MR) is 69.9 cm³/mol. The molecule has 0 amide bonds. The van der Waals surface area contributed by atoms with Crippen molar-refractivity contribution in [1.29, 1.82) is 0 Å². The number of nitrogens with zero attached hydrogens (tertiary/aromatic N) is 2. The second-order valence-electron chi connectivity index (χ2n) is 4.55. The van der Waals surface area contributed by atoms with Gasteiger partial charge in [0, 0.05) is 30.8 Å². The van der Waals surface area contributed by atoms with Crippen LogP contribution in [-0.2, 0) is 15.8 Å². The molecule has 0 radical (unpaired) electrons. The highest BCUT2D eigenvalue weighted by Gasteiger charge is 2.31.